The van der Waals surface area contributed by atoms with Gasteiger partial charge in [-0.05, 0) is 55.8 Å². The average Bonchev–Trinajstić information content (AvgIpc) is 2.87. The van der Waals surface area contributed by atoms with Crippen LogP contribution < -0.4 is 25.1 Å². The van der Waals surface area contributed by atoms with Crippen LogP contribution in [0.2, 0.25) is 0 Å². The molecule has 5 rings (SSSR count). The zero-order valence-electron chi connectivity index (χ0n) is 19.0. The summed E-state index contributed by atoms with van der Waals surface area (Å²) in [6, 6.07) is 12.3. The van der Waals surface area contributed by atoms with Crippen molar-refractivity contribution in [2.24, 2.45) is 0 Å². The topological polar surface area (TPSA) is 77.9 Å². The number of nitrogens with zero attached hydrogens (tertiary/aromatic N) is 3. The summed E-state index contributed by atoms with van der Waals surface area (Å²) < 4.78 is 18.4. The van der Waals surface area contributed by atoms with Gasteiger partial charge in [0.15, 0.2) is 11.5 Å². The number of hydrogen-bond donors (Lipinski definition) is 1. The highest BCUT2D eigenvalue weighted by atomic mass is 16.6. The monoisotopic (exact) mass is 450 g/mol. The molecule has 1 aromatic heterocycles. The van der Waals surface area contributed by atoms with E-state index in [-0.39, 0.29) is 5.56 Å². The molecule has 3 aromatic rings. The number of methoxy groups -OCH3 is 1. The number of aromatic nitrogens is 2. The van der Waals surface area contributed by atoms with E-state index < -0.39 is 0 Å². The number of ether oxygens (including phenoxy) is 3. The molecule has 8 nitrogen and oxygen atoms in total. The Morgan fingerprint density at radius 2 is 1.88 bits per heavy atom. The van der Waals surface area contributed by atoms with Crippen molar-refractivity contribution in [1.29, 1.82) is 0 Å². The Morgan fingerprint density at radius 1 is 1.06 bits per heavy atom. The number of piperidine rings is 1. The van der Waals surface area contributed by atoms with E-state index in [9.17, 15) is 4.79 Å². The number of benzene rings is 2. The lowest BCUT2D eigenvalue weighted by Gasteiger charge is -2.32. The van der Waals surface area contributed by atoms with Gasteiger partial charge in [-0.2, -0.15) is 0 Å². The maximum absolute atomic E-state index is 12.5. The Bertz CT molecular complexity index is 1170. The highest BCUT2D eigenvalue weighted by Crippen LogP contribution is 2.30. The van der Waals surface area contributed by atoms with E-state index in [2.05, 4.69) is 27.3 Å². The molecule has 8 heteroatoms. The summed E-state index contributed by atoms with van der Waals surface area (Å²) in [6.07, 6.45) is 3.58. The maximum Gasteiger partial charge on any atom is 0.269 e. The van der Waals surface area contributed by atoms with Crippen molar-refractivity contribution < 1.29 is 14.2 Å². The van der Waals surface area contributed by atoms with Gasteiger partial charge in [-0.3, -0.25) is 4.79 Å². The summed E-state index contributed by atoms with van der Waals surface area (Å²) in [7, 11) is 1.63. The van der Waals surface area contributed by atoms with E-state index >= 15 is 0 Å². The third-order valence-corrected chi connectivity index (χ3v) is 6.48. The number of fused-ring (bicyclic) bond motifs is 2. The predicted octanol–water partition coefficient (Wildman–Crippen LogP) is 2.43. The van der Waals surface area contributed by atoms with Crippen molar-refractivity contribution in [1.82, 2.24) is 19.8 Å². The van der Waals surface area contributed by atoms with Gasteiger partial charge in [0.2, 0.25) is 0 Å². The van der Waals surface area contributed by atoms with Crippen LogP contribution in [0.1, 0.15) is 18.4 Å². The van der Waals surface area contributed by atoms with Crippen molar-refractivity contribution in [3.8, 4) is 17.2 Å². The van der Waals surface area contributed by atoms with Crippen molar-refractivity contribution in [3.05, 3.63) is 58.5 Å². The van der Waals surface area contributed by atoms with Crippen LogP contribution in [0.15, 0.2) is 47.4 Å². The zero-order chi connectivity index (χ0) is 22.6. The molecule has 33 heavy (non-hydrogen) atoms. The van der Waals surface area contributed by atoms with Crippen LogP contribution in [-0.2, 0) is 13.1 Å². The van der Waals surface area contributed by atoms with Gasteiger partial charge in [0.1, 0.15) is 19.0 Å². The smallest absolute Gasteiger partial charge is 0.269 e. The summed E-state index contributed by atoms with van der Waals surface area (Å²) in [5, 5.41) is 3.68. The molecule has 2 aliphatic rings. The fourth-order valence-electron chi connectivity index (χ4n) is 4.56. The third kappa shape index (κ3) is 4.96. The minimum atomic E-state index is -0.0771. The second-order valence-corrected chi connectivity index (χ2v) is 8.58. The molecule has 0 radical (unpaired) electrons. The molecule has 0 spiro atoms. The molecular weight excluding hydrogens is 420 g/mol. The van der Waals surface area contributed by atoms with Crippen LogP contribution in [0, 0.1) is 0 Å². The Balaban J connectivity index is 1.13. The normalized spacial score (nSPS) is 16.8. The summed E-state index contributed by atoms with van der Waals surface area (Å²) in [5.74, 6) is 2.40. The van der Waals surface area contributed by atoms with Crippen LogP contribution in [0.25, 0.3) is 11.0 Å². The number of hydrogen-bond acceptors (Lipinski definition) is 7. The lowest BCUT2D eigenvalue weighted by Crippen LogP contribution is -2.43. The predicted molar refractivity (Wildman–Crippen MR) is 126 cm³/mol. The van der Waals surface area contributed by atoms with E-state index in [4.69, 9.17) is 14.2 Å². The summed E-state index contributed by atoms with van der Waals surface area (Å²) >= 11 is 0. The van der Waals surface area contributed by atoms with Crippen LogP contribution in [0.5, 0.6) is 17.2 Å². The first kappa shape index (κ1) is 21.7. The molecule has 1 fully saturated rings. The molecule has 174 valence electrons. The number of likely N-dealkylation sites (tertiary alicyclic amines) is 1. The Kier molecular flexibility index (Phi) is 6.46. The number of rotatable bonds is 7. The van der Waals surface area contributed by atoms with Crippen LogP contribution >= 0.6 is 0 Å². The molecule has 0 unspecified atom stereocenters. The zero-order valence-corrected chi connectivity index (χ0v) is 19.0. The molecule has 3 heterocycles. The second kappa shape index (κ2) is 9.80. The summed E-state index contributed by atoms with van der Waals surface area (Å²) in [4.78, 5) is 19.2. The minimum absolute atomic E-state index is 0.0771. The molecule has 2 aromatic carbocycles. The molecule has 0 amide bonds. The van der Waals surface area contributed by atoms with Crippen molar-refractivity contribution in [2.75, 3.05) is 40.0 Å². The molecule has 1 N–H and O–H groups in total. The third-order valence-electron chi connectivity index (χ3n) is 6.48. The first-order chi connectivity index (χ1) is 16.2. The van der Waals surface area contributed by atoms with Crippen LogP contribution in [-0.4, -0.2) is 60.5 Å². The number of nitrogens with one attached hydrogen (secondary N) is 1. The van der Waals surface area contributed by atoms with E-state index in [0.29, 0.717) is 25.8 Å². The molecule has 0 saturated carbocycles. The van der Waals surface area contributed by atoms with E-state index in [0.717, 1.165) is 67.3 Å². The molecule has 0 atom stereocenters. The van der Waals surface area contributed by atoms with Crippen molar-refractivity contribution >= 4 is 11.0 Å². The summed E-state index contributed by atoms with van der Waals surface area (Å²) in [5.41, 5.74) is 2.75. The van der Waals surface area contributed by atoms with Crippen molar-refractivity contribution in [3.63, 3.8) is 0 Å². The first-order valence-corrected chi connectivity index (χ1v) is 11.6. The summed E-state index contributed by atoms with van der Waals surface area (Å²) in [6.45, 7) is 5.55. The lowest BCUT2D eigenvalue weighted by atomic mass is 10.0. The van der Waals surface area contributed by atoms with Gasteiger partial charge in [-0.25, -0.2) is 4.98 Å². The van der Waals surface area contributed by atoms with Gasteiger partial charge >= 0.3 is 0 Å². The lowest BCUT2D eigenvalue weighted by molar-refractivity contribution is 0.171. The van der Waals surface area contributed by atoms with Gasteiger partial charge in [-0.15, -0.1) is 0 Å². The highest BCUT2D eigenvalue weighted by molar-refractivity contribution is 5.76. The van der Waals surface area contributed by atoms with Crippen molar-refractivity contribution in [2.45, 2.75) is 32.0 Å². The minimum Gasteiger partial charge on any atom is -0.497 e. The fourth-order valence-corrected chi connectivity index (χ4v) is 4.56. The quantitative estimate of drug-likeness (QED) is 0.592. The van der Waals surface area contributed by atoms with Gasteiger partial charge in [0.25, 0.3) is 5.56 Å². The Morgan fingerprint density at radius 3 is 2.70 bits per heavy atom. The fraction of sp³-hybridized carbons (Fsp3) is 0.440. The Hall–Kier alpha value is -3.10. The second-order valence-electron chi connectivity index (χ2n) is 8.58. The van der Waals surface area contributed by atoms with E-state index in [1.165, 1.54) is 11.8 Å². The standard InChI is InChI=1S/C25H30N4O4/c1-31-20-3-4-21-22(15-20)29(25(30)17-27-21)11-10-28-8-6-19(7-9-28)26-16-18-2-5-23-24(14-18)33-13-12-32-23/h2-5,14-15,17,19,26H,6-13,16H2,1H3. The molecular formula is C25H30N4O4. The van der Waals surface area contributed by atoms with Gasteiger partial charge < -0.3 is 29.0 Å². The largest absolute Gasteiger partial charge is 0.497 e. The average molecular weight is 451 g/mol. The molecule has 1 saturated heterocycles. The maximum atomic E-state index is 12.5. The molecule has 0 aliphatic carbocycles. The van der Waals surface area contributed by atoms with E-state index in [1.54, 1.807) is 11.7 Å². The molecule has 0 bridgehead atoms. The SMILES string of the molecule is COc1ccc2ncc(=O)n(CCN3CCC(NCc4ccc5c(c4)OCCO5)CC3)c2c1. The van der Waals surface area contributed by atoms with Gasteiger partial charge in [0.05, 0.1) is 24.3 Å². The first-order valence-electron chi connectivity index (χ1n) is 11.6. The van der Waals surface area contributed by atoms with Gasteiger partial charge in [0, 0.05) is 31.7 Å². The van der Waals surface area contributed by atoms with E-state index in [1.807, 2.05) is 24.3 Å². The Labute approximate surface area is 193 Å². The van der Waals surface area contributed by atoms with Gasteiger partial charge in [-0.1, -0.05) is 6.07 Å². The van der Waals surface area contributed by atoms with Crippen LogP contribution in [0.3, 0.4) is 0 Å². The highest BCUT2D eigenvalue weighted by Gasteiger charge is 2.19. The molecule has 2 aliphatic heterocycles. The van der Waals surface area contributed by atoms with Crippen LogP contribution in [0.4, 0.5) is 0 Å².